The van der Waals surface area contributed by atoms with Crippen molar-refractivity contribution in [2.24, 2.45) is 0 Å². The van der Waals surface area contributed by atoms with Crippen LogP contribution in [0.1, 0.15) is 29.6 Å². The summed E-state index contributed by atoms with van der Waals surface area (Å²) in [6.07, 6.45) is 4.32. The second kappa shape index (κ2) is 6.69. The Labute approximate surface area is 120 Å². The first kappa shape index (κ1) is 14.8. The molecule has 1 amide bonds. The zero-order valence-corrected chi connectivity index (χ0v) is 11.5. The van der Waals surface area contributed by atoms with Gasteiger partial charge in [0.15, 0.2) is 5.69 Å². The van der Waals surface area contributed by atoms with Gasteiger partial charge in [-0.3, -0.25) is 4.79 Å². The van der Waals surface area contributed by atoms with Crippen molar-refractivity contribution >= 4 is 11.9 Å². The van der Waals surface area contributed by atoms with Gasteiger partial charge in [-0.1, -0.05) is 5.21 Å². The van der Waals surface area contributed by atoms with Gasteiger partial charge in [-0.15, -0.1) is 5.10 Å². The van der Waals surface area contributed by atoms with Crippen molar-refractivity contribution < 1.29 is 19.1 Å². The number of carbonyl (C=O) groups is 2. The van der Waals surface area contributed by atoms with Crippen molar-refractivity contribution in [2.75, 3.05) is 0 Å². The maximum absolute atomic E-state index is 11.8. The molecular formula is C13H16N4O4. The highest BCUT2D eigenvalue weighted by Gasteiger charge is 2.12. The van der Waals surface area contributed by atoms with Crippen molar-refractivity contribution in [3.8, 4) is 0 Å². The summed E-state index contributed by atoms with van der Waals surface area (Å²) in [6, 6.07) is 3.69. The molecule has 2 heterocycles. The number of carboxylic acids is 1. The molecule has 8 nitrogen and oxygen atoms in total. The minimum atomic E-state index is -1.17. The highest BCUT2D eigenvalue weighted by molar-refractivity contribution is 5.84. The summed E-state index contributed by atoms with van der Waals surface area (Å²) in [5, 5.41) is 18.5. The van der Waals surface area contributed by atoms with Crippen molar-refractivity contribution in [3.05, 3.63) is 36.0 Å². The molecule has 2 aromatic rings. The molecular weight excluding hydrogens is 276 g/mol. The van der Waals surface area contributed by atoms with E-state index in [1.54, 1.807) is 6.26 Å². The van der Waals surface area contributed by atoms with Gasteiger partial charge in [0.05, 0.1) is 12.5 Å². The normalized spacial score (nSPS) is 12.0. The third kappa shape index (κ3) is 4.44. The summed E-state index contributed by atoms with van der Waals surface area (Å²) in [4.78, 5) is 22.4. The molecule has 0 radical (unpaired) electrons. The van der Waals surface area contributed by atoms with E-state index in [4.69, 9.17) is 9.52 Å². The second-order valence-electron chi connectivity index (χ2n) is 4.69. The van der Waals surface area contributed by atoms with Gasteiger partial charge in [-0.2, -0.15) is 0 Å². The number of amides is 1. The van der Waals surface area contributed by atoms with E-state index in [9.17, 15) is 9.59 Å². The van der Waals surface area contributed by atoms with Crippen LogP contribution in [0.3, 0.4) is 0 Å². The molecule has 8 heteroatoms. The number of nitrogens with zero attached hydrogens (tertiary/aromatic N) is 3. The Hall–Kier alpha value is -2.64. The van der Waals surface area contributed by atoms with Gasteiger partial charge in [0.25, 0.3) is 0 Å². The summed E-state index contributed by atoms with van der Waals surface area (Å²) >= 11 is 0. The van der Waals surface area contributed by atoms with Gasteiger partial charge in [0.1, 0.15) is 12.3 Å². The number of carboxylic acid groups (broad SMARTS) is 1. The van der Waals surface area contributed by atoms with Crippen molar-refractivity contribution in [1.29, 1.82) is 0 Å². The fourth-order valence-corrected chi connectivity index (χ4v) is 1.83. The van der Waals surface area contributed by atoms with Crippen LogP contribution in [0, 0.1) is 0 Å². The number of hydrogen-bond acceptors (Lipinski definition) is 5. The highest BCUT2D eigenvalue weighted by Crippen LogP contribution is 2.05. The topological polar surface area (TPSA) is 110 Å². The lowest BCUT2D eigenvalue weighted by Gasteiger charge is -2.12. The average Bonchev–Trinajstić information content (AvgIpc) is 3.06. The van der Waals surface area contributed by atoms with E-state index >= 15 is 0 Å². The monoisotopic (exact) mass is 292 g/mol. The lowest BCUT2D eigenvalue weighted by molar-refractivity contribution is -0.122. The first-order valence-corrected chi connectivity index (χ1v) is 6.50. The Kier molecular flexibility index (Phi) is 4.70. The molecule has 0 aromatic carbocycles. The Morgan fingerprint density at radius 1 is 1.52 bits per heavy atom. The van der Waals surface area contributed by atoms with Crippen molar-refractivity contribution in [1.82, 2.24) is 20.3 Å². The quantitative estimate of drug-likeness (QED) is 0.777. The Morgan fingerprint density at radius 3 is 2.95 bits per heavy atom. The van der Waals surface area contributed by atoms with Gasteiger partial charge in [-0.25, -0.2) is 9.48 Å². The van der Waals surface area contributed by atoms with Crippen molar-refractivity contribution in [2.45, 2.75) is 32.4 Å². The molecule has 1 unspecified atom stereocenters. The van der Waals surface area contributed by atoms with Crippen LogP contribution in [0.5, 0.6) is 0 Å². The number of aryl methyl sites for hydroxylation is 1. The van der Waals surface area contributed by atoms with Crippen LogP contribution in [-0.4, -0.2) is 38.0 Å². The predicted molar refractivity (Wildman–Crippen MR) is 71.6 cm³/mol. The third-order valence-corrected chi connectivity index (χ3v) is 2.87. The SMILES string of the molecule is CC(CCc1ccco1)NC(=O)Cn1cc(C(=O)O)nn1. The summed E-state index contributed by atoms with van der Waals surface area (Å²) in [6.45, 7) is 1.83. The number of aromatic nitrogens is 3. The number of aromatic carboxylic acids is 1. The van der Waals surface area contributed by atoms with Crippen LogP contribution < -0.4 is 5.32 Å². The molecule has 0 saturated heterocycles. The first-order chi connectivity index (χ1) is 10.0. The average molecular weight is 292 g/mol. The molecule has 0 spiro atoms. The Morgan fingerprint density at radius 2 is 2.33 bits per heavy atom. The number of rotatable bonds is 7. The van der Waals surface area contributed by atoms with Crippen LogP contribution in [-0.2, 0) is 17.8 Å². The molecule has 112 valence electrons. The lowest BCUT2D eigenvalue weighted by atomic mass is 10.1. The summed E-state index contributed by atoms with van der Waals surface area (Å²) in [5.74, 6) is -0.546. The van der Waals surface area contributed by atoms with Crippen LogP contribution in [0.2, 0.25) is 0 Å². The maximum Gasteiger partial charge on any atom is 0.358 e. The molecule has 0 aliphatic rings. The number of furan rings is 1. The lowest BCUT2D eigenvalue weighted by Crippen LogP contribution is -2.35. The summed E-state index contributed by atoms with van der Waals surface area (Å²) < 4.78 is 6.41. The second-order valence-corrected chi connectivity index (χ2v) is 4.69. The van der Waals surface area contributed by atoms with E-state index in [-0.39, 0.29) is 24.2 Å². The largest absolute Gasteiger partial charge is 0.476 e. The number of carbonyl (C=O) groups excluding carboxylic acids is 1. The number of hydrogen-bond donors (Lipinski definition) is 2. The van der Waals surface area contributed by atoms with E-state index in [0.29, 0.717) is 0 Å². The standard InChI is InChI=1S/C13H16N4O4/c1-9(4-5-10-3-2-6-21-10)14-12(18)8-17-7-11(13(19)20)15-16-17/h2-3,6-7,9H,4-5,8H2,1H3,(H,14,18)(H,19,20). The molecule has 0 bridgehead atoms. The van der Waals surface area contributed by atoms with Gasteiger partial charge >= 0.3 is 5.97 Å². The highest BCUT2D eigenvalue weighted by atomic mass is 16.4. The first-order valence-electron chi connectivity index (χ1n) is 6.50. The van der Waals surface area contributed by atoms with Gasteiger partial charge in [-0.05, 0) is 25.5 Å². The maximum atomic E-state index is 11.8. The molecule has 1 atom stereocenters. The Balaban J connectivity index is 1.76. The van der Waals surface area contributed by atoms with Crippen molar-refractivity contribution in [3.63, 3.8) is 0 Å². The smallest absolute Gasteiger partial charge is 0.358 e. The molecule has 21 heavy (non-hydrogen) atoms. The van der Waals surface area contributed by atoms with E-state index in [1.165, 1.54) is 10.9 Å². The fraction of sp³-hybridized carbons (Fsp3) is 0.385. The van der Waals surface area contributed by atoms with E-state index < -0.39 is 5.97 Å². The Bertz CT molecular complexity index is 605. The van der Waals surface area contributed by atoms with Gasteiger partial charge in [0.2, 0.25) is 5.91 Å². The molecule has 2 aromatic heterocycles. The summed E-state index contributed by atoms with van der Waals surface area (Å²) in [7, 11) is 0. The molecule has 0 saturated carbocycles. The fourth-order valence-electron chi connectivity index (χ4n) is 1.83. The van der Waals surface area contributed by atoms with E-state index in [2.05, 4.69) is 15.6 Å². The van der Waals surface area contributed by atoms with Gasteiger partial charge < -0.3 is 14.8 Å². The van der Waals surface area contributed by atoms with Crippen LogP contribution in [0.4, 0.5) is 0 Å². The minimum absolute atomic E-state index is 0.0231. The van der Waals surface area contributed by atoms with Crippen LogP contribution >= 0.6 is 0 Å². The molecule has 0 fully saturated rings. The third-order valence-electron chi connectivity index (χ3n) is 2.87. The molecule has 0 aliphatic carbocycles. The van der Waals surface area contributed by atoms with E-state index in [0.717, 1.165) is 18.6 Å². The van der Waals surface area contributed by atoms with Gasteiger partial charge in [0, 0.05) is 12.5 Å². The predicted octanol–water partition coefficient (Wildman–Crippen LogP) is 0.707. The molecule has 0 aliphatic heterocycles. The minimum Gasteiger partial charge on any atom is -0.476 e. The van der Waals surface area contributed by atoms with Crippen LogP contribution in [0.15, 0.2) is 29.0 Å². The molecule has 2 N–H and O–H groups in total. The zero-order valence-electron chi connectivity index (χ0n) is 11.5. The van der Waals surface area contributed by atoms with Crippen LogP contribution in [0.25, 0.3) is 0 Å². The zero-order chi connectivity index (χ0) is 15.2. The molecule has 2 rings (SSSR count). The van der Waals surface area contributed by atoms with E-state index in [1.807, 2.05) is 19.1 Å². The summed E-state index contributed by atoms with van der Waals surface area (Å²) in [5.41, 5.74) is -0.186. The number of nitrogens with one attached hydrogen (secondary N) is 1.